The van der Waals surface area contributed by atoms with E-state index < -0.39 is 0 Å². The summed E-state index contributed by atoms with van der Waals surface area (Å²) in [4.78, 5) is 12.5. The molecule has 2 aliphatic carbocycles. The number of carbonyl (C=O) groups excluding carboxylic acids is 1. The van der Waals surface area contributed by atoms with Crippen molar-refractivity contribution >= 4 is 5.78 Å². The first kappa shape index (κ1) is 11.0. The number of hydrogen-bond donors (Lipinski definition) is 0. The van der Waals surface area contributed by atoms with E-state index in [9.17, 15) is 4.79 Å². The highest BCUT2D eigenvalue weighted by Gasteiger charge is 2.57. The Morgan fingerprint density at radius 3 is 2.95 bits per heavy atom. The quantitative estimate of drug-likeness (QED) is 0.770. The predicted octanol–water partition coefficient (Wildman–Crippen LogP) is 2.58. The van der Waals surface area contributed by atoms with Crippen molar-refractivity contribution in [3.63, 3.8) is 0 Å². The van der Waals surface area contributed by atoms with Gasteiger partial charge in [0, 0.05) is 19.2 Å². The normalized spacial score (nSPS) is 27.5. The van der Waals surface area contributed by atoms with E-state index in [1.165, 1.54) is 11.1 Å². The van der Waals surface area contributed by atoms with Gasteiger partial charge in [0.2, 0.25) is 0 Å². The topological polar surface area (TPSA) is 34.9 Å². The van der Waals surface area contributed by atoms with Crippen LogP contribution >= 0.6 is 0 Å². The molecule has 0 aliphatic heterocycles. The molecule has 3 atom stereocenters. The highest BCUT2D eigenvalue weighted by molar-refractivity contribution is 5.99. The first-order valence-corrected chi connectivity index (χ1v) is 6.87. The van der Waals surface area contributed by atoms with E-state index in [1.807, 2.05) is 19.3 Å². The predicted molar refractivity (Wildman–Crippen MR) is 72.0 cm³/mol. The first-order valence-electron chi connectivity index (χ1n) is 6.87. The maximum absolute atomic E-state index is 12.5. The molecule has 0 saturated heterocycles. The van der Waals surface area contributed by atoms with E-state index in [4.69, 9.17) is 0 Å². The lowest BCUT2D eigenvalue weighted by Crippen LogP contribution is -2.05. The van der Waals surface area contributed by atoms with Crippen LogP contribution in [-0.4, -0.2) is 15.6 Å². The molecule has 1 aromatic heterocycles. The number of fused-ring (bicyclic) bond motifs is 3. The van der Waals surface area contributed by atoms with Crippen LogP contribution in [0.25, 0.3) is 0 Å². The SMILES string of the molecule is Cn1ccc(C(=O)C2C3CCc4ccccc4C32)n1. The van der Waals surface area contributed by atoms with Crippen molar-refractivity contribution in [2.75, 3.05) is 0 Å². The van der Waals surface area contributed by atoms with Crippen LogP contribution in [0.5, 0.6) is 0 Å². The summed E-state index contributed by atoms with van der Waals surface area (Å²) >= 11 is 0. The molecule has 0 bridgehead atoms. The van der Waals surface area contributed by atoms with Crippen LogP contribution in [0.4, 0.5) is 0 Å². The lowest BCUT2D eigenvalue weighted by molar-refractivity contribution is 0.0953. The monoisotopic (exact) mass is 252 g/mol. The number of aryl methyl sites for hydroxylation is 2. The maximum Gasteiger partial charge on any atom is 0.187 e. The fraction of sp³-hybridized carbons (Fsp3) is 0.375. The summed E-state index contributed by atoms with van der Waals surface area (Å²) < 4.78 is 1.70. The minimum absolute atomic E-state index is 0.165. The number of ketones is 1. The van der Waals surface area contributed by atoms with Crippen LogP contribution in [0.3, 0.4) is 0 Å². The zero-order valence-corrected chi connectivity index (χ0v) is 10.9. The molecular weight excluding hydrogens is 236 g/mol. The Balaban J connectivity index is 1.65. The summed E-state index contributed by atoms with van der Waals surface area (Å²) in [6.45, 7) is 0. The summed E-state index contributed by atoms with van der Waals surface area (Å²) in [5.74, 6) is 1.38. The van der Waals surface area contributed by atoms with Gasteiger partial charge in [-0.1, -0.05) is 24.3 Å². The number of aromatic nitrogens is 2. The zero-order valence-electron chi connectivity index (χ0n) is 10.9. The Bertz CT molecular complexity index is 658. The van der Waals surface area contributed by atoms with Crippen LogP contribution < -0.4 is 0 Å². The lowest BCUT2D eigenvalue weighted by Gasteiger charge is -2.13. The van der Waals surface area contributed by atoms with Gasteiger partial charge in [-0.3, -0.25) is 9.48 Å². The second-order valence-corrected chi connectivity index (χ2v) is 5.69. The van der Waals surface area contributed by atoms with Gasteiger partial charge in [-0.15, -0.1) is 0 Å². The van der Waals surface area contributed by atoms with E-state index >= 15 is 0 Å². The molecule has 0 amide bonds. The van der Waals surface area contributed by atoms with E-state index in [1.54, 1.807) is 4.68 Å². The number of Topliss-reactive ketones (excluding diaryl/α,β-unsaturated/α-hetero) is 1. The standard InChI is InChI=1S/C16H16N2O/c1-18-9-8-13(17-18)16(19)15-12-7-6-10-4-2-3-5-11(10)14(12)15/h2-5,8-9,12,14-15H,6-7H2,1H3. The van der Waals surface area contributed by atoms with Gasteiger partial charge in [0.15, 0.2) is 5.78 Å². The third kappa shape index (κ3) is 1.57. The van der Waals surface area contributed by atoms with Crippen molar-refractivity contribution in [3.05, 3.63) is 53.3 Å². The molecule has 0 radical (unpaired) electrons. The highest BCUT2D eigenvalue weighted by Crippen LogP contribution is 2.60. The van der Waals surface area contributed by atoms with Crippen molar-refractivity contribution < 1.29 is 4.79 Å². The molecule has 96 valence electrons. The smallest absolute Gasteiger partial charge is 0.187 e. The largest absolute Gasteiger partial charge is 0.292 e. The van der Waals surface area contributed by atoms with Crippen LogP contribution in [0.15, 0.2) is 36.5 Å². The van der Waals surface area contributed by atoms with E-state index in [0.717, 1.165) is 12.8 Å². The third-order valence-corrected chi connectivity index (χ3v) is 4.60. The third-order valence-electron chi connectivity index (χ3n) is 4.60. The number of carbonyl (C=O) groups is 1. The number of rotatable bonds is 2. The van der Waals surface area contributed by atoms with Gasteiger partial charge in [-0.25, -0.2) is 0 Å². The van der Waals surface area contributed by atoms with E-state index in [-0.39, 0.29) is 11.7 Å². The molecular formula is C16H16N2O. The molecule has 1 heterocycles. The number of benzene rings is 1. The zero-order chi connectivity index (χ0) is 13.0. The van der Waals surface area contributed by atoms with Crippen molar-refractivity contribution in [3.8, 4) is 0 Å². The van der Waals surface area contributed by atoms with Crippen molar-refractivity contribution in [1.29, 1.82) is 0 Å². The average Bonchev–Trinajstić information content (AvgIpc) is 3.03. The summed E-state index contributed by atoms with van der Waals surface area (Å²) in [5, 5.41) is 4.25. The molecule has 4 rings (SSSR count). The molecule has 3 heteroatoms. The Kier molecular flexibility index (Phi) is 2.19. The Hall–Kier alpha value is -1.90. The summed E-state index contributed by atoms with van der Waals surface area (Å²) in [7, 11) is 1.85. The Morgan fingerprint density at radius 1 is 1.32 bits per heavy atom. The molecule has 3 nitrogen and oxygen atoms in total. The van der Waals surface area contributed by atoms with Crippen LogP contribution in [0.2, 0.25) is 0 Å². The molecule has 0 N–H and O–H groups in total. The number of hydrogen-bond acceptors (Lipinski definition) is 2. The maximum atomic E-state index is 12.5. The molecule has 1 saturated carbocycles. The van der Waals surface area contributed by atoms with E-state index in [0.29, 0.717) is 17.5 Å². The van der Waals surface area contributed by atoms with Gasteiger partial charge in [-0.2, -0.15) is 5.10 Å². The van der Waals surface area contributed by atoms with Crippen LogP contribution in [0, 0.1) is 11.8 Å². The Labute approximate surface area is 112 Å². The molecule has 0 spiro atoms. The molecule has 3 unspecified atom stereocenters. The lowest BCUT2D eigenvalue weighted by atomic mass is 9.92. The minimum Gasteiger partial charge on any atom is -0.292 e. The van der Waals surface area contributed by atoms with Gasteiger partial charge in [-0.05, 0) is 41.9 Å². The van der Waals surface area contributed by atoms with Gasteiger partial charge in [0.1, 0.15) is 5.69 Å². The highest BCUT2D eigenvalue weighted by atomic mass is 16.1. The van der Waals surface area contributed by atoms with Crippen LogP contribution in [0.1, 0.15) is 34.0 Å². The Morgan fingerprint density at radius 2 is 2.16 bits per heavy atom. The van der Waals surface area contributed by atoms with Gasteiger partial charge in [0.25, 0.3) is 0 Å². The first-order chi connectivity index (χ1) is 9.25. The van der Waals surface area contributed by atoms with Crippen molar-refractivity contribution in [2.45, 2.75) is 18.8 Å². The molecule has 1 aromatic carbocycles. The summed E-state index contributed by atoms with van der Waals surface area (Å²) in [5.41, 5.74) is 3.45. The second-order valence-electron chi connectivity index (χ2n) is 5.69. The molecule has 2 aliphatic rings. The van der Waals surface area contributed by atoms with E-state index in [2.05, 4.69) is 29.4 Å². The number of nitrogens with zero attached hydrogens (tertiary/aromatic N) is 2. The summed E-state index contributed by atoms with van der Waals surface area (Å²) in [6, 6.07) is 10.4. The fourth-order valence-electron chi connectivity index (χ4n) is 3.64. The van der Waals surface area contributed by atoms with Gasteiger partial charge < -0.3 is 0 Å². The minimum atomic E-state index is 0.165. The van der Waals surface area contributed by atoms with Crippen molar-refractivity contribution in [2.24, 2.45) is 18.9 Å². The molecule has 2 aromatic rings. The second kappa shape index (κ2) is 3.80. The van der Waals surface area contributed by atoms with Gasteiger partial charge >= 0.3 is 0 Å². The van der Waals surface area contributed by atoms with Crippen LogP contribution in [-0.2, 0) is 13.5 Å². The molecule has 1 fully saturated rings. The van der Waals surface area contributed by atoms with Crippen molar-refractivity contribution in [1.82, 2.24) is 9.78 Å². The fourth-order valence-corrected chi connectivity index (χ4v) is 3.64. The average molecular weight is 252 g/mol. The summed E-state index contributed by atoms with van der Waals surface area (Å²) in [6.07, 6.45) is 4.10. The van der Waals surface area contributed by atoms with Gasteiger partial charge in [0.05, 0.1) is 0 Å². The molecule has 19 heavy (non-hydrogen) atoms.